The van der Waals surface area contributed by atoms with Crippen LogP contribution in [0, 0.1) is 0 Å². The zero-order valence-electron chi connectivity index (χ0n) is 6.24. The van der Waals surface area contributed by atoms with Crippen molar-refractivity contribution >= 4 is 6.29 Å². The largest absolute Gasteiger partial charge is 0.374 e. The fourth-order valence-corrected chi connectivity index (χ4v) is 0.632. The Morgan fingerprint density at radius 1 is 1.30 bits per heavy atom. The fraction of sp³-hybridized carbons (Fsp3) is 0.571. The summed E-state index contributed by atoms with van der Waals surface area (Å²) in [5, 5.41) is 0. The number of hydrogen-bond acceptors (Lipinski definition) is 3. The molecule has 0 heterocycles. The monoisotopic (exact) mass is 144 g/mol. The molecule has 0 rings (SSSR count). The van der Waals surface area contributed by atoms with Gasteiger partial charge in [-0.2, -0.15) is 0 Å². The smallest absolute Gasteiger partial charge is 0.151 e. The van der Waals surface area contributed by atoms with E-state index in [2.05, 4.69) is 6.58 Å². The molecule has 58 valence electrons. The van der Waals surface area contributed by atoms with Crippen molar-refractivity contribution in [2.24, 2.45) is 0 Å². The van der Waals surface area contributed by atoms with E-state index in [1.807, 2.05) is 0 Å². The van der Waals surface area contributed by atoms with Crippen LogP contribution in [0.2, 0.25) is 0 Å². The van der Waals surface area contributed by atoms with Gasteiger partial charge < -0.3 is 14.3 Å². The lowest BCUT2D eigenvalue weighted by molar-refractivity contribution is -0.122. The lowest BCUT2D eigenvalue weighted by Crippen LogP contribution is -2.29. The second-order valence-electron chi connectivity index (χ2n) is 1.77. The van der Waals surface area contributed by atoms with Crippen molar-refractivity contribution in [3.05, 3.63) is 12.7 Å². The Bertz CT molecular complexity index is 97.4. The quantitative estimate of drug-likeness (QED) is 0.414. The minimum Gasteiger partial charge on any atom is -0.374 e. The van der Waals surface area contributed by atoms with Crippen LogP contribution in [0.1, 0.15) is 0 Å². The molecule has 0 spiro atoms. The lowest BCUT2D eigenvalue weighted by Gasteiger charge is -2.15. The average Bonchev–Trinajstić information content (AvgIpc) is 2.00. The van der Waals surface area contributed by atoms with Crippen molar-refractivity contribution in [2.45, 2.75) is 12.2 Å². The van der Waals surface area contributed by atoms with Gasteiger partial charge in [0.15, 0.2) is 6.29 Å². The third-order valence-corrected chi connectivity index (χ3v) is 1.23. The van der Waals surface area contributed by atoms with Gasteiger partial charge in [0.25, 0.3) is 0 Å². The molecule has 0 radical (unpaired) electrons. The lowest BCUT2D eigenvalue weighted by atomic mass is 10.2. The van der Waals surface area contributed by atoms with Crippen LogP contribution in [0.5, 0.6) is 0 Å². The van der Waals surface area contributed by atoms with Crippen LogP contribution in [0.3, 0.4) is 0 Å². The Labute approximate surface area is 60.6 Å². The molecule has 0 aromatic rings. The van der Waals surface area contributed by atoms with E-state index in [0.29, 0.717) is 6.29 Å². The summed E-state index contributed by atoms with van der Waals surface area (Å²) in [6.07, 6.45) is 1.34. The van der Waals surface area contributed by atoms with E-state index in [-0.39, 0.29) is 6.10 Å². The van der Waals surface area contributed by atoms with Gasteiger partial charge in [0.2, 0.25) is 0 Å². The van der Waals surface area contributed by atoms with E-state index in [1.165, 1.54) is 20.3 Å². The van der Waals surface area contributed by atoms with Crippen molar-refractivity contribution < 1.29 is 14.3 Å². The van der Waals surface area contributed by atoms with Gasteiger partial charge in [0.05, 0.1) is 0 Å². The van der Waals surface area contributed by atoms with Crippen LogP contribution in [0.4, 0.5) is 0 Å². The van der Waals surface area contributed by atoms with E-state index in [9.17, 15) is 4.79 Å². The topological polar surface area (TPSA) is 35.5 Å². The Kier molecular flexibility index (Phi) is 4.80. The number of carbonyl (C=O) groups excluding carboxylic acids is 1. The van der Waals surface area contributed by atoms with Crippen LogP contribution in [0.15, 0.2) is 12.7 Å². The first-order chi connectivity index (χ1) is 4.79. The summed E-state index contributed by atoms with van der Waals surface area (Å²) in [5.41, 5.74) is 0. The average molecular weight is 144 g/mol. The van der Waals surface area contributed by atoms with Gasteiger partial charge in [0, 0.05) is 14.2 Å². The van der Waals surface area contributed by atoms with Crippen molar-refractivity contribution in [2.75, 3.05) is 14.2 Å². The second-order valence-corrected chi connectivity index (χ2v) is 1.77. The third-order valence-electron chi connectivity index (χ3n) is 1.23. The van der Waals surface area contributed by atoms with E-state index in [0.717, 1.165) is 0 Å². The van der Waals surface area contributed by atoms with Gasteiger partial charge in [-0.3, -0.25) is 0 Å². The highest BCUT2D eigenvalue weighted by atomic mass is 16.5. The fourth-order valence-electron chi connectivity index (χ4n) is 0.632. The Balaban J connectivity index is 3.93. The molecular weight excluding hydrogens is 132 g/mol. The molecule has 0 aromatic carbocycles. The SMILES string of the molecule is C=CC(OC)C(C=O)OC. The molecular formula is C7H12O3. The molecule has 0 aliphatic rings. The number of hydrogen-bond donors (Lipinski definition) is 0. The highest BCUT2D eigenvalue weighted by Crippen LogP contribution is 1.99. The molecule has 0 amide bonds. The molecule has 10 heavy (non-hydrogen) atoms. The van der Waals surface area contributed by atoms with Gasteiger partial charge in [0.1, 0.15) is 12.2 Å². The van der Waals surface area contributed by atoms with Crippen LogP contribution in [-0.4, -0.2) is 32.7 Å². The maximum absolute atomic E-state index is 10.2. The van der Waals surface area contributed by atoms with E-state index >= 15 is 0 Å². The number of carbonyl (C=O) groups is 1. The summed E-state index contributed by atoms with van der Waals surface area (Å²) in [6.45, 7) is 3.48. The molecule has 2 atom stereocenters. The third kappa shape index (κ3) is 2.29. The summed E-state index contributed by atoms with van der Waals surface area (Å²) in [6, 6.07) is 0. The highest BCUT2D eigenvalue weighted by Gasteiger charge is 2.15. The molecule has 0 saturated heterocycles. The summed E-state index contributed by atoms with van der Waals surface area (Å²) in [7, 11) is 2.95. The van der Waals surface area contributed by atoms with Crippen molar-refractivity contribution in [3.8, 4) is 0 Å². The number of aldehydes is 1. The van der Waals surface area contributed by atoms with Crippen molar-refractivity contribution in [1.29, 1.82) is 0 Å². The predicted octanol–water partition coefficient (Wildman–Crippen LogP) is 0.401. The molecule has 0 saturated carbocycles. The molecule has 0 N–H and O–H groups in total. The zero-order valence-corrected chi connectivity index (χ0v) is 6.24. The molecule has 0 aliphatic carbocycles. The molecule has 0 aromatic heterocycles. The Morgan fingerprint density at radius 3 is 1.90 bits per heavy atom. The highest BCUT2D eigenvalue weighted by molar-refractivity contribution is 5.57. The number of rotatable bonds is 5. The molecule has 0 aliphatic heterocycles. The van der Waals surface area contributed by atoms with Crippen LogP contribution in [-0.2, 0) is 14.3 Å². The van der Waals surface area contributed by atoms with E-state index < -0.39 is 6.10 Å². The van der Waals surface area contributed by atoms with Crippen LogP contribution >= 0.6 is 0 Å². The number of ether oxygens (including phenoxy) is 2. The van der Waals surface area contributed by atoms with Gasteiger partial charge >= 0.3 is 0 Å². The standard InChI is InChI=1S/C7H12O3/c1-4-6(9-2)7(5-8)10-3/h4-7H,1H2,2-3H3. The molecule has 0 bridgehead atoms. The minimum atomic E-state index is -0.539. The summed E-state index contributed by atoms with van der Waals surface area (Å²) >= 11 is 0. The first kappa shape index (κ1) is 9.33. The minimum absolute atomic E-state index is 0.345. The molecule has 0 fully saturated rings. The first-order valence-corrected chi connectivity index (χ1v) is 2.93. The first-order valence-electron chi connectivity index (χ1n) is 2.93. The summed E-state index contributed by atoms with van der Waals surface area (Å²) < 4.78 is 9.65. The van der Waals surface area contributed by atoms with Gasteiger partial charge in [-0.1, -0.05) is 6.08 Å². The van der Waals surface area contributed by atoms with Crippen molar-refractivity contribution in [1.82, 2.24) is 0 Å². The van der Waals surface area contributed by atoms with Gasteiger partial charge in [-0.05, 0) is 0 Å². The zero-order chi connectivity index (χ0) is 7.98. The van der Waals surface area contributed by atoms with Gasteiger partial charge in [-0.15, -0.1) is 6.58 Å². The summed E-state index contributed by atoms with van der Waals surface area (Å²) in [4.78, 5) is 10.2. The molecule has 3 nitrogen and oxygen atoms in total. The Hall–Kier alpha value is -0.670. The number of methoxy groups -OCH3 is 2. The van der Waals surface area contributed by atoms with Crippen LogP contribution < -0.4 is 0 Å². The maximum atomic E-state index is 10.2. The molecule has 3 heteroatoms. The second kappa shape index (κ2) is 5.14. The summed E-state index contributed by atoms with van der Waals surface area (Å²) in [5.74, 6) is 0. The van der Waals surface area contributed by atoms with E-state index in [4.69, 9.17) is 9.47 Å². The predicted molar refractivity (Wildman–Crippen MR) is 37.9 cm³/mol. The normalized spacial score (nSPS) is 15.8. The van der Waals surface area contributed by atoms with Crippen LogP contribution in [0.25, 0.3) is 0 Å². The molecule has 2 unspecified atom stereocenters. The maximum Gasteiger partial charge on any atom is 0.151 e. The van der Waals surface area contributed by atoms with Gasteiger partial charge in [-0.25, -0.2) is 0 Å². The Morgan fingerprint density at radius 2 is 1.80 bits per heavy atom. The van der Waals surface area contributed by atoms with E-state index in [1.54, 1.807) is 0 Å². The van der Waals surface area contributed by atoms with Crippen molar-refractivity contribution in [3.63, 3.8) is 0 Å².